The Morgan fingerprint density at radius 1 is 1.00 bits per heavy atom. The smallest absolute Gasteiger partial charge is 0.338 e. The second-order valence-corrected chi connectivity index (χ2v) is 5.18. The molecule has 2 rings (SSSR count). The Bertz CT molecular complexity index is 650. The Morgan fingerprint density at radius 2 is 1.65 bits per heavy atom. The van der Waals surface area contributed by atoms with Crippen molar-refractivity contribution in [3.05, 3.63) is 60.2 Å². The molecule has 0 heterocycles. The summed E-state index contributed by atoms with van der Waals surface area (Å²) in [5.74, 6) is -0.0222. The maximum Gasteiger partial charge on any atom is 0.338 e. The number of benzene rings is 2. The lowest BCUT2D eigenvalue weighted by molar-refractivity contribution is -0.118. The second-order valence-electron chi connectivity index (χ2n) is 5.18. The quantitative estimate of drug-likeness (QED) is 0.831. The van der Waals surface area contributed by atoms with Gasteiger partial charge in [-0.2, -0.15) is 0 Å². The summed E-state index contributed by atoms with van der Waals surface area (Å²) < 4.78 is 10.5. The van der Waals surface area contributed by atoms with E-state index in [9.17, 15) is 9.59 Å². The molecule has 5 nitrogen and oxygen atoms in total. The Morgan fingerprint density at radius 3 is 2.26 bits per heavy atom. The fourth-order valence-corrected chi connectivity index (χ4v) is 1.83. The normalized spacial score (nSPS) is 10.2. The molecule has 0 fully saturated rings. The number of carbonyl (C=O) groups excluding carboxylic acids is 2. The average Bonchev–Trinajstić information content (AvgIpc) is 2.54. The van der Waals surface area contributed by atoms with E-state index in [1.54, 1.807) is 50.2 Å². The number of anilines is 1. The molecule has 23 heavy (non-hydrogen) atoms. The summed E-state index contributed by atoms with van der Waals surface area (Å²) >= 11 is 0. The third-order valence-corrected chi connectivity index (χ3v) is 2.86. The predicted molar refractivity (Wildman–Crippen MR) is 87.6 cm³/mol. The molecule has 1 amide bonds. The highest BCUT2D eigenvalue weighted by atomic mass is 16.5. The van der Waals surface area contributed by atoms with Crippen LogP contribution in [0.4, 0.5) is 5.69 Å². The molecular weight excluding hydrogens is 294 g/mol. The van der Waals surface area contributed by atoms with E-state index in [1.807, 2.05) is 18.2 Å². The molecule has 0 bridgehead atoms. The minimum atomic E-state index is -0.384. The van der Waals surface area contributed by atoms with Crippen LogP contribution >= 0.6 is 0 Å². The number of amides is 1. The Hall–Kier alpha value is -2.82. The SMILES string of the molecule is CC(C)OC(=O)c1ccc(NC(=O)COc2ccccc2)cc1. The molecule has 0 spiro atoms. The van der Waals surface area contributed by atoms with Gasteiger partial charge in [-0.15, -0.1) is 0 Å². The molecular formula is C18H19NO4. The zero-order valence-corrected chi connectivity index (χ0v) is 13.1. The van der Waals surface area contributed by atoms with Gasteiger partial charge in [0.25, 0.3) is 5.91 Å². The van der Waals surface area contributed by atoms with Crippen LogP contribution in [0, 0.1) is 0 Å². The van der Waals surface area contributed by atoms with Gasteiger partial charge in [0.1, 0.15) is 5.75 Å². The van der Waals surface area contributed by atoms with Crippen LogP contribution in [0.2, 0.25) is 0 Å². The van der Waals surface area contributed by atoms with Crippen molar-refractivity contribution < 1.29 is 19.1 Å². The molecule has 2 aromatic carbocycles. The lowest BCUT2D eigenvalue weighted by Crippen LogP contribution is -2.20. The number of carbonyl (C=O) groups is 2. The number of rotatable bonds is 6. The number of hydrogen-bond acceptors (Lipinski definition) is 4. The van der Waals surface area contributed by atoms with Gasteiger partial charge in [-0.05, 0) is 50.2 Å². The molecule has 0 saturated heterocycles. The first-order chi connectivity index (χ1) is 11.0. The van der Waals surface area contributed by atoms with E-state index in [4.69, 9.17) is 9.47 Å². The number of nitrogens with one attached hydrogen (secondary N) is 1. The summed E-state index contributed by atoms with van der Waals surface area (Å²) in [6.45, 7) is 3.50. The highest BCUT2D eigenvalue weighted by molar-refractivity contribution is 5.93. The standard InChI is InChI=1S/C18H19NO4/c1-13(2)23-18(21)14-8-10-15(11-9-14)19-17(20)12-22-16-6-4-3-5-7-16/h3-11,13H,12H2,1-2H3,(H,19,20). The van der Waals surface area contributed by atoms with E-state index in [0.29, 0.717) is 17.0 Å². The average molecular weight is 313 g/mol. The Labute approximate surface area is 135 Å². The van der Waals surface area contributed by atoms with E-state index in [-0.39, 0.29) is 24.6 Å². The fourth-order valence-electron chi connectivity index (χ4n) is 1.83. The van der Waals surface area contributed by atoms with E-state index >= 15 is 0 Å². The zero-order chi connectivity index (χ0) is 16.7. The Balaban J connectivity index is 1.85. The van der Waals surface area contributed by atoms with Crippen LogP contribution in [0.1, 0.15) is 24.2 Å². The van der Waals surface area contributed by atoms with E-state index in [0.717, 1.165) is 0 Å². The first-order valence-electron chi connectivity index (χ1n) is 7.33. The molecule has 2 aromatic rings. The molecule has 0 unspecified atom stereocenters. The van der Waals surface area contributed by atoms with Crippen molar-refractivity contribution in [2.75, 3.05) is 11.9 Å². The van der Waals surface area contributed by atoms with E-state index in [2.05, 4.69) is 5.32 Å². The molecule has 0 aromatic heterocycles. The summed E-state index contributed by atoms with van der Waals surface area (Å²) in [7, 11) is 0. The zero-order valence-electron chi connectivity index (χ0n) is 13.1. The number of para-hydroxylation sites is 1. The number of hydrogen-bond donors (Lipinski definition) is 1. The van der Waals surface area contributed by atoms with Crippen LogP contribution in [-0.2, 0) is 9.53 Å². The van der Waals surface area contributed by atoms with Crippen molar-refractivity contribution in [3.63, 3.8) is 0 Å². The predicted octanol–water partition coefficient (Wildman–Crippen LogP) is 3.27. The van der Waals surface area contributed by atoms with E-state index < -0.39 is 0 Å². The van der Waals surface area contributed by atoms with Gasteiger partial charge in [-0.3, -0.25) is 4.79 Å². The lowest BCUT2D eigenvalue weighted by Gasteiger charge is -2.09. The van der Waals surface area contributed by atoms with Crippen LogP contribution in [0.25, 0.3) is 0 Å². The van der Waals surface area contributed by atoms with Crippen LogP contribution in [0.5, 0.6) is 5.75 Å². The topological polar surface area (TPSA) is 64.6 Å². The van der Waals surface area contributed by atoms with Gasteiger partial charge in [0.05, 0.1) is 11.7 Å². The van der Waals surface area contributed by atoms with Crippen LogP contribution in [0.15, 0.2) is 54.6 Å². The summed E-state index contributed by atoms with van der Waals surface area (Å²) in [6.07, 6.45) is -0.169. The summed E-state index contributed by atoms with van der Waals surface area (Å²) in [5.41, 5.74) is 1.03. The first kappa shape index (κ1) is 16.5. The van der Waals surface area contributed by atoms with Gasteiger partial charge in [-0.25, -0.2) is 4.79 Å². The second kappa shape index (κ2) is 7.98. The molecule has 0 radical (unpaired) electrons. The molecule has 1 N–H and O–H groups in total. The minimum Gasteiger partial charge on any atom is -0.484 e. The van der Waals surface area contributed by atoms with Gasteiger partial charge in [0, 0.05) is 5.69 Å². The van der Waals surface area contributed by atoms with E-state index in [1.165, 1.54) is 0 Å². The van der Waals surface area contributed by atoms with Crippen molar-refractivity contribution in [1.29, 1.82) is 0 Å². The van der Waals surface area contributed by atoms with Crippen LogP contribution < -0.4 is 10.1 Å². The highest BCUT2D eigenvalue weighted by Gasteiger charge is 2.09. The molecule has 120 valence electrons. The molecule has 0 aliphatic heterocycles. The number of esters is 1. The van der Waals surface area contributed by atoms with Gasteiger partial charge in [0.15, 0.2) is 6.61 Å². The number of ether oxygens (including phenoxy) is 2. The maximum absolute atomic E-state index is 11.8. The van der Waals surface area contributed by atoms with Crippen LogP contribution in [0.3, 0.4) is 0 Å². The monoisotopic (exact) mass is 313 g/mol. The third-order valence-electron chi connectivity index (χ3n) is 2.86. The molecule has 0 aliphatic rings. The third kappa shape index (κ3) is 5.47. The van der Waals surface area contributed by atoms with Gasteiger partial charge < -0.3 is 14.8 Å². The largest absolute Gasteiger partial charge is 0.484 e. The Kier molecular flexibility index (Phi) is 5.74. The summed E-state index contributed by atoms with van der Waals surface area (Å²) in [6, 6.07) is 15.6. The fraction of sp³-hybridized carbons (Fsp3) is 0.222. The van der Waals surface area contributed by atoms with Gasteiger partial charge in [0.2, 0.25) is 0 Å². The van der Waals surface area contributed by atoms with Crippen molar-refractivity contribution in [1.82, 2.24) is 0 Å². The van der Waals surface area contributed by atoms with Crippen molar-refractivity contribution in [2.45, 2.75) is 20.0 Å². The molecule has 5 heteroatoms. The van der Waals surface area contributed by atoms with Gasteiger partial charge in [-0.1, -0.05) is 18.2 Å². The van der Waals surface area contributed by atoms with Crippen molar-refractivity contribution >= 4 is 17.6 Å². The van der Waals surface area contributed by atoms with Crippen molar-refractivity contribution in [3.8, 4) is 5.75 Å². The molecule has 0 saturated carbocycles. The van der Waals surface area contributed by atoms with Crippen molar-refractivity contribution in [2.24, 2.45) is 0 Å². The molecule has 0 aliphatic carbocycles. The first-order valence-corrected chi connectivity index (χ1v) is 7.33. The highest BCUT2D eigenvalue weighted by Crippen LogP contribution is 2.12. The summed E-state index contributed by atoms with van der Waals surface area (Å²) in [5, 5.41) is 2.70. The van der Waals surface area contributed by atoms with Gasteiger partial charge >= 0.3 is 5.97 Å². The lowest BCUT2D eigenvalue weighted by atomic mass is 10.2. The molecule has 0 atom stereocenters. The summed E-state index contributed by atoms with van der Waals surface area (Å²) in [4.78, 5) is 23.5. The van der Waals surface area contributed by atoms with Crippen LogP contribution in [-0.4, -0.2) is 24.6 Å². The maximum atomic E-state index is 11.8. The minimum absolute atomic E-state index is 0.0822.